The lowest BCUT2D eigenvalue weighted by Crippen LogP contribution is -2.13. The number of hydrogen-bond acceptors (Lipinski definition) is 3. The molecule has 0 saturated carbocycles. The van der Waals surface area contributed by atoms with Crippen molar-refractivity contribution in [2.45, 2.75) is 4.90 Å². The van der Waals surface area contributed by atoms with Crippen molar-refractivity contribution < 1.29 is 8.42 Å². The van der Waals surface area contributed by atoms with E-state index in [9.17, 15) is 8.42 Å². The summed E-state index contributed by atoms with van der Waals surface area (Å²) in [6.45, 7) is 0. The lowest BCUT2D eigenvalue weighted by Gasteiger charge is -2.10. The third-order valence-corrected chi connectivity index (χ3v) is 4.97. The van der Waals surface area contributed by atoms with Crippen LogP contribution in [0.1, 0.15) is 0 Å². The summed E-state index contributed by atoms with van der Waals surface area (Å²) in [6.07, 6.45) is 0. The summed E-state index contributed by atoms with van der Waals surface area (Å²) in [5, 5.41) is 0.464. The number of nitrogen functional groups attached to an aromatic ring is 1. The molecule has 106 valence electrons. The second-order valence-electron chi connectivity index (χ2n) is 3.91. The van der Waals surface area contributed by atoms with E-state index in [2.05, 4.69) is 20.7 Å². The van der Waals surface area contributed by atoms with E-state index in [0.29, 0.717) is 15.2 Å². The number of rotatable bonds is 3. The lowest BCUT2D eigenvalue weighted by molar-refractivity contribution is 0.601. The van der Waals surface area contributed by atoms with Crippen molar-refractivity contribution in [1.29, 1.82) is 0 Å². The molecular weight excluding hydrogens is 387 g/mol. The summed E-state index contributed by atoms with van der Waals surface area (Å²) < 4.78 is 27.6. The van der Waals surface area contributed by atoms with E-state index in [-0.39, 0.29) is 15.6 Å². The van der Waals surface area contributed by atoms with Gasteiger partial charge >= 0.3 is 0 Å². The zero-order valence-electron chi connectivity index (χ0n) is 9.90. The molecule has 0 spiro atoms. The van der Waals surface area contributed by atoms with Gasteiger partial charge in [-0.15, -0.1) is 0 Å². The molecule has 20 heavy (non-hydrogen) atoms. The molecule has 0 unspecified atom stereocenters. The van der Waals surface area contributed by atoms with Crippen LogP contribution in [-0.4, -0.2) is 8.42 Å². The smallest absolute Gasteiger partial charge is 0.261 e. The van der Waals surface area contributed by atoms with E-state index in [1.54, 1.807) is 18.2 Å². The Kier molecular flexibility index (Phi) is 4.49. The van der Waals surface area contributed by atoms with Gasteiger partial charge in [-0.05, 0) is 36.4 Å². The van der Waals surface area contributed by atoms with Crippen molar-refractivity contribution in [3.63, 3.8) is 0 Å². The van der Waals surface area contributed by atoms with Crippen molar-refractivity contribution in [3.8, 4) is 0 Å². The van der Waals surface area contributed by atoms with E-state index in [0.717, 1.165) is 0 Å². The zero-order valence-corrected chi connectivity index (χ0v) is 13.8. The molecular formula is C12H9BrCl2N2O2S. The normalized spacial score (nSPS) is 11.3. The van der Waals surface area contributed by atoms with Crippen LogP contribution >= 0.6 is 39.1 Å². The molecule has 0 bridgehead atoms. The molecule has 0 atom stereocenters. The van der Waals surface area contributed by atoms with Crippen molar-refractivity contribution in [2.75, 3.05) is 10.5 Å². The summed E-state index contributed by atoms with van der Waals surface area (Å²) in [5.74, 6) is 0. The number of nitrogens with two attached hydrogens (primary N) is 1. The second kappa shape index (κ2) is 5.81. The molecule has 0 radical (unpaired) electrons. The predicted octanol–water partition coefficient (Wildman–Crippen LogP) is 4.14. The maximum atomic E-state index is 12.2. The van der Waals surface area contributed by atoms with Gasteiger partial charge in [0.05, 0.1) is 26.3 Å². The van der Waals surface area contributed by atoms with Crippen LogP contribution in [0.4, 0.5) is 11.4 Å². The highest BCUT2D eigenvalue weighted by atomic mass is 79.9. The number of halogens is 3. The van der Waals surface area contributed by atoms with Gasteiger partial charge in [0.15, 0.2) is 0 Å². The van der Waals surface area contributed by atoms with Gasteiger partial charge in [-0.1, -0.05) is 39.1 Å². The van der Waals surface area contributed by atoms with Crippen LogP contribution in [0, 0.1) is 0 Å². The molecule has 0 aliphatic rings. The molecule has 3 N–H and O–H groups in total. The van der Waals surface area contributed by atoms with Gasteiger partial charge in [-0.2, -0.15) is 0 Å². The van der Waals surface area contributed by atoms with E-state index in [1.165, 1.54) is 18.2 Å². The number of benzene rings is 2. The minimum Gasteiger partial charge on any atom is -0.398 e. The van der Waals surface area contributed by atoms with Gasteiger partial charge in [-0.25, -0.2) is 8.42 Å². The number of nitrogens with one attached hydrogen (secondary N) is 1. The maximum Gasteiger partial charge on any atom is 0.261 e. The van der Waals surface area contributed by atoms with Crippen LogP contribution in [0.5, 0.6) is 0 Å². The standard InChI is InChI=1S/C12H9BrCl2N2O2S/c13-7-1-3-9(14)12(5-7)17-20(18,19)8-2-4-11(16)10(15)6-8/h1-6,17H,16H2. The molecule has 2 rings (SSSR count). The monoisotopic (exact) mass is 394 g/mol. The Bertz CT molecular complexity index is 766. The highest BCUT2D eigenvalue weighted by Gasteiger charge is 2.17. The first kappa shape index (κ1) is 15.4. The molecule has 0 aromatic heterocycles. The van der Waals surface area contributed by atoms with E-state index in [1.807, 2.05) is 0 Å². The van der Waals surface area contributed by atoms with E-state index >= 15 is 0 Å². The molecule has 0 aliphatic carbocycles. The number of hydrogen-bond donors (Lipinski definition) is 2. The van der Waals surface area contributed by atoms with Crippen LogP contribution in [0.15, 0.2) is 45.8 Å². The Labute approximate surface area is 135 Å². The first-order valence-electron chi connectivity index (χ1n) is 5.32. The molecule has 0 heterocycles. The topological polar surface area (TPSA) is 72.2 Å². The van der Waals surface area contributed by atoms with Crippen LogP contribution in [-0.2, 0) is 10.0 Å². The van der Waals surface area contributed by atoms with Crippen molar-refractivity contribution in [2.24, 2.45) is 0 Å². The van der Waals surface area contributed by atoms with Gasteiger partial charge in [0.2, 0.25) is 0 Å². The van der Waals surface area contributed by atoms with Crippen molar-refractivity contribution in [1.82, 2.24) is 0 Å². The molecule has 0 fully saturated rings. The summed E-state index contributed by atoms with van der Waals surface area (Å²) in [7, 11) is -3.79. The average molecular weight is 396 g/mol. The van der Waals surface area contributed by atoms with Crippen molar-refractivity contribution in [3.05, 3.63) is 50.9 Å². The van der Waals surface area contributed by atoms with Gasteiger partial charge in [0.25, 0.3) is 10.0 Å². The van der Waals surface area contributed by atoms with E-state index in [4.69, 9.17) is 28.9 Å². The molecule has 0 saturated heterocycles. The summed E-state index contributed by atoms with van der Waals surface area (Å²) in [4.78, 5) is 0.00717. The SMILES string of the molecule is Nc1ccc(S(=O)(=O)Nc2cc(Br)ccc2Cl)cc1Cl. The lowest BCUT2D eigenvalue weighted by atomic mass is 10.3. The molecule has 0 amide bonds. The quantitative estimate of drug-likeness (QED) is 0.767. The fraction of sp³-hybridized carbons (Fsp3) is 0. The largest absolute Gasteiger partial charge is 0.398 e. The Morgan fingerprint density at radius 3 is 2.40 bits per heavy atom. The molecule has 0 aliphatic heterocycles. The van der Waals surface area contributed by atoms with E-state index < -0.39 is 10.0 Å². The van der Waals surface area contributed by atoms with Crippen LogP contribution in [0.3, 0.4) is 0 Å². The average Bonchev–Trinajstić information content (AvgIpc) is 2.36. The highest BCUT2D eigenvalue weighted by Crippen LogP contribution is 2.29. The number of sulfonamides is 1. The van der Waals surface area contributed by atoms with Crippen molar-refractivity contribution >= 4 is 60.5 Å². The van der Waals surface area contributed by atoms with Crippen LogP contribution in [0.25, 0.3) is 0 Å². The molecule has 4 nitrogen and oxygen atoms in total. The predicted molar refractivity (Wildman–Crippen MR) is 85.8 cm³/mol. The van der Waals surface area contributed by atoms with Gasteiger partial charge < -0.3 is 5.73 Å². The first-order valence-corrected chi connectivity index (χ1v) is 8.36. The van der Waals surface area contributed by atoms with Gasteiger partial charge in [0, 0.05) is 4.47 Å². The Hall–Kier alpha value is -0.950. The summed E-state index contributed by atoms with van der Waals surface area (Å²) >= 11 is 15.0. The Balaban J connectivity index is 2.40. The van der Waals surface area contributed by atoms with Gasteiger partial charge in [-0.3, -0.25) is 4.72 Å². The molecule has 8 heteroatoms. The number of anilines is 2. The van der Waals surface area contributed by atoms with Crippen LogP contribution in [0.2, 0.25) is 10.0 Å². The summed E-state index contributed by atoms with van der Waals surface area (Å²) in [5.41, 5.74) is 6.14. The Morgan fingerprint density at radius 2 is 1.75 bits per heavy atom. The molecule has 2 aromatic carbocycles. The Morgan fingerprint density at radius 1 is 1.05 bits per heavy atom. The highest BCUT2D eigenvalue weighted by molar-refractivity contribution is 9.10. The fourth-order valence-corrected chi connectivity index (χ4v) is 3.38. The maximum absolute atomic E-state index is 12.2. The molecule has 2 aromatic rings. The second-order valence-corrected chi connectivity index (χ2v) is 7.33. The third kappa shape index (κ3) is 3.38. The minimum atomic E-state index is -3.79. The third-order valence-electron chi connectivity index (χ3n) is 2.45. The zero-order chi connectivity index (χ0) is 14.9. The van der Waals surface area contributed by atoms with Gasteiger partial charge in [0.1, 0.15) is 0 Å². The summed E-state index contributed by atoms with van der Waals surface area (Å²) in [6, 6.07) is 8.94. The first-order chi connectivity index (χ1) is 9.29. The minimum absolute atomic E-state index is 0.00717. The fourth-order valence-electron chi connectivity index (χ4n) is 1.45. The van der Waals surface area contributed by atoms with Crippen LogP contribution < -0.4 is 10.5 Å².